The Kier molecular flexibility index (Phi) is 3.44. The van der Waals surface area contributed by atoms with E-state index in [1.807, 2.05) is 31.2 Å². The van der Waals surface area contributed by atoms with Gasteiger partial charge in [0.05, 0.1) is 0 Å². The van der Waals surface area contributed by atoms with Crippen LogP contribution in [0.4, 0.5) is 5.69 Å². The molecule has 106 valence electrons. The molecule has 0 fully saturated rings. The van der Waals surface area contributed by atoms with Gasteiger partial charge in [0.2, 0.25) is 0 Å². The van der Waals surface area contributed by atoms with Crippen molar-refractivity contribution in [3.05, 3.63) is 64.7 Å². The molecule has 4 nitrogen and oxygen atoms in total. The summed E-state index contributed by atoms with van der Waals surface area (Å²) in [7, 11) is 0. The molecule has 0 unspecified atom stereocenters. The Morgan fingerprint density at radius 2 is 1.90 bits per heavy atom. The maximum Gasteiger partial charge on any atom is 0.255 e. The van der Waals surface area contributed by atoms with Gasteiger partial charge >= 0.3 is 0 Å². The molecule has 0 aromatic heterocycles. The Bertz CT molecular complexity index is 705. The van der Waals surface area contributed by atoms with Crippen LogP contribution in [0, 0.1) is 6.92 Å². The topological polar surface area (TPSA) is 58.2 Å². The molecule has 0 saturated heterocycles. The van der Waals surface area contributed by atoms with Crippen LogP contribution in [0.25, 0.3) is 0 Å². The third-order valence-corrected chi connectivity index (χ3v) is 3.61. The van der Waals surface area contributed by atoms with Crippen molar-refractivity contribution >= 4 is 17.5 Å². The predicted molar refractivity (Wildman–Crippen MR) is 81.6 cm³/mol. The lowest BCUT2D eigenvalue weighted by molar-refractivity contribution is 0.0944. The highest BCUT2D eigenvalue weighted by atomic mass is 16.2. The average molecular weight is 280 g/mol. The SMILES string of the molecule is Cc1ccc(C(=O)Nc2ccc3c(c2)C(=O)NCC3)cc1. The minimum Gasteiger partial charge on any atom is -0.352 e. The summed E-state index contributed by atoms with van der Waals surface area (Å²) in [6.45, 7) is 2.64. The molecule has 0 saturated carbocycles. The van der Waals surface area contributed by atoms with Crippen molar-refractivity contribution in [2.45, 2.75) is 13.3 Å². The summed E-state index contributed by atoms with van der Waals surface area (Å²) < 4.78 is 0. The van der Waals surface area contributed by atoms with Crippen LogP contribution in [0.15, 0.2) is 42.5 Å². The molecular formula is C17H16N2O2. The summed E-state index contributed by atoms with van der Waals surface area (Å²) in [5.74, 6) is -0.256. The lowest BCUT2D eigenvalue weighted by atomic mass is 10.00. The van der Waals surface area contributed by atoms with Gasteiger partial charge in [-0.2, -0.15) is 0 Å². The fourth-order valence-corrected chi connectivity index (χ4v) is 2.40. The van der Waals surface area contributed by atoms with Gasteiger partial charge in [0.25, 0.3) is 11.8 Å². The number of aryl methyl sites for hydroxylation is 1. The lowest BCUT2D eigenvalue weighted by Gasteiger charge is -2.17. The van der Waals surface area contributed by atoms with Crippen LogP contribution in [0.1, 0.15) is 31.8 Å². The molecule has 2 aromatic carbocycles. The van der Waals surface area contributed by atoms with Crippen molar-refractivity contribution in [1.82, 2.24) is 5.32 Å². The number of carbonyl (C=O) groups is 2. The zero-order chi connectivity index (χ0) is 14.8. The summed E-state index contributed by atoms with van der Waals surface area (Å²) in [6, 6.07) is 12.8. The van der Waals surface area contributed by atoms with Crippen LogP contribution in [0.2, 0.25) is 0 Å². The number of benzene rings is 2. The number of nitrogens with one attached hydrogen (secondary N) is 2. The monoisotopic (exact) mass is 280 g/mol. The van der Waals surface area contributed by atoms with E-state index in [2.05, 4.69) is 10.6 Å². The van der Waals surface area contributed by atoms with Crippen molar-refractivity contribution in [3.8, 4) is 0 Å². The zero-order valence-electron chi connectivity index (χ0n) is 11.8. The normalized spacial score (nSPS) is 13.3. The number of hydrogen-bond donors (Lipinski definition) is 2. The van der Waals surface area contributed by atoms with E-state index < -0.39 is 0 Å². The van der Waals surface area contributed by atoms with Gasteiger partial charge in [-0.15, -0.1) is 0 Å². The van der Waals surface area contributed by atoms with Crippen LogP contribution in [0.5, 0.6) is 0 Å². The lowest BCUT2D eigenvalue weighted by Crippen LogP contribution is -2.31. The number of hydrogen-bond acceptors (Lipinski definition) is 2. The smallest absolute Gasteiger partial charge is 0.255 e. The second kappa shape index (κ2) is 5.40. The van der Waals surface area contributed by atoms with E-state index in [1.54, 1.807) is 18.2 Å². The van der Waals surface area contributed by atoms with Crippen LogP contribution in [0.3, 0.4) is 0 Å². The van der Waals surface area contributed by atoms with Crippen molar-refractivity contribution in [1.29, 1.82) is 0 Å². The van der Waals surface area contributed by atoms with Gasteiger partial charge in [-0.25, -0.2) is 0 Å². The summed E-state index contributed by atoms with van der Waals surface area (Å²) in [5, 5.41) is 5.63. The first kappa shape index (κ1) is 13.4. The van der Waals surface area contributed by atoms with Crippen LogP contribution in [-0.4, -0.2) is 18.4 Å². The standard InChI is InChI=1S/C17H16N2O2/c1-11-2-4-13(5-3-11)16(20)19-14-7-6-12-8-9-18-17(21)15(12)10-14/h2-7,10H,8-9H2,1H3,(H,18,21)(H,19,20). The molecule has 0 aliphatic carbocycles. The van der Waals surface area contributed by atoms with Crippen LogP contribution < -0.4 is 10.6 Å². The van der Waals surface area contributed by atoms with E-state index in [1.165, 1.54) is 0 Å². The molecule has 1 heterocycles. The molecule has 0 bridgehead atoms. The van der Waals surface area contributed by atoms with E-state index in [0.29, 0.717) is 23.4 Å². The minimum atomic E-state index is -0.175. The molecule has 2 amide bonds. The third kappa shape index (κ3) is 2.79. The minimum absolute atomic E-state index is 0.0808. The molecular weight excluding hydrogens is 264 g/mol. The molecule has 1 aliphatic heterocycles. The van der Waals surface area contributed by atoms with Gasteiger partial charge in [0.15, 0.2) is 0 Å². The molecule has 0 atom stereocenters. The maximum absolute atomic E-state index is 12.2. The van der Waals surface area contributed by atoms with Gasteiger partial charge < -0.3 is 10.6 Å². The maximum atomic E-state index is 12.2. The van der Waals surface area contributed by atoms with E-state index in [-0.39, 0.29) is 11.8 Å². The molecule has 1 aliphatic rings. The molecule has 2 aromatic rings. The summed E-state index contributed by atoms with van der Waals surface area (Å²) in [4.78, 5) is 24.0. The molecule has 2 N–H and O–H groups in total. The van der Waals surface area contributed by atoms with Crippen molar-refractivity contribution < 1.29 is 9.59 Å². The Balaban J connectivity index is 1.82. The van der Waals surface area contributed by atoms with Gasteiger partial charge in [-0.05, 0) is 43.2 Å². The quantitative estimate of drug-likeness (QED) is 0.888. The second-order valence-corrected chi connectivity index (χ2v) is 5.20. The van der Waals surface area contributed by atoms with Crippen molar-refractivity contribution in [2.24, 2.45) is 0 Å². The van der Waals surface area contributed by atoms with Crippen LogP contribution in [-0.2, 0) is 6.42 Å². The fraction of sp³-hybridized carbons (Fsp3) is 0.176. The second-order valence-electron chi connectivity index (χ2n) is 5.20. The average Bonchev–Trinajstić information content (AvgIpc) is 2.49. The largest absolute Gasteiger partial charge is 0.352 e. The van der Waals surface area contributed by atoms with E-state index in [9.17, 15) is 9.59 Å². The van der Waals surface area contributed by atoms with E-state index in [0.717, 1.165) is 17.5 Å². The summed E-state index contributed by atoms with van der Waals surface area (Å²) in [5.41, 5.74) is 4.01. The van der Waals surface area contributed by atoms with E-state index >= 15 is 0 Å². The molecule has 0 radical (unpaired) electrons. The first-order chi connectivity index (χ1) is 10.1. The highest BCUT2D eigenvalue weighted by Gasteiger charge is 2.17. The Hall–Kier alpha value is -2.62. The zero-order valence-corrected chi connectivity index (χ0v) is 11.8. The van der Waals surface area contributed by atoms with Crippen molar-refractivity contribution in [2.75, 3.05) is 11.9 Å². The van der Waals surface area contributed by atoms with Gasteiger partial charge in [-0.1, -0.05) is 23.8 Å². The first-order valence-electron chi connectivity index (χ1n) is 6.92. The molecule has 21 heavy (non-hydrogen) atoms. The first-order valence-corrected chi connectivity index (χ1v) is 6.92. The van der Waals surface area contributed by atoms with Gasteiger partial charge in [0, 0.05) is 23.4 Å². The summed E-state index contributed by atoms with van der Waals surface area (Å²) >= 11 is 0. The highest BCUT2D eigenvalue weighted by Crippen LogP contribution is 2.19. The van der Waals surface area contributed by atoms with E-state index in [4.69, 9.17) is 0 Å². The number of amides is 2. The number of fused-ring (bicyclic) bond motifs is 1. The van der Waals surface area contributed by atoms with Gasteiger partial charge in [-0.3, -0.25) is 9.59 Å². The Labute approximate surface area is 123 Å². The highest BCUT2D eigenvalue weighted by molar-refractivity contribution is 6.05. The Morgan fingerprint density at radius 1 is 1.14 bits per heavy atom. The Morgan fingerprint density at radius 3 is 2.67 bits per heavy atom. The molecule has 0 spiro atoms. The number of anilines is 1. The number of carbonyl (C=O) groups excluding carboxylic acids is 2. The predicted octanol–water partition coefficient (Wildman–Crippen LogP) is 2.53. The summed E-state index contributed by atoms with van der Waals surface area (Å²) in [6.07, 6.45) is 0.827. The fourth-order valence-electron chi connectivity index (χ4n) is 2.40. The molecule has 4 heteroatoms. The van der Waals surface area contributed by atoms with Gasteiger partial charge in [0.1, 0.15) is 0 Å². The van der Waals surface area contributed by atoms with Crippen molar-refractivity contribution in [3.63, 3.8) is 0 Å². The number of rotatable bonds is 2. The molecule has 3 rings (SSSR count). The van der Waals surface area contributed by atoms with Crippen LogP contribution >= 0.6 is 0 Å². The third-order valence-electron chi connectivity index (χ3n) is 3.61.